The van der Waals surface area contributed by atoms with Crippen molar-refractivity contribution in [3.63, 3.8) is 0 Å². The topological polar surface area (TPSA) is 58.2 Å². The van der Waals surface area contributed by atoms with Gasteiger partial charge >= 0.3 is 0 Å². The standard InChI is InChI=1S/C17H19ClN2O2S2/c18-14-5-3-13(4-6-14)17(22)20-8-7-16(21)19-9-11-23-12-15-2-1-10-24-15/h1-6,10H,7-9,11-12H2,(H,19,21)(H,20,22). The summed E-state index contributed by atoms with van der Waals surface area (Å²) in [7, 11) is 0. The van der Waals surface area contributed by atoms with Gasteiger partial charge in [0.15, 0.2) is 0 Å². The number of rotatable bonds is 9. The van der Waals surface area contributed by atoms with Gasteiger partial charge in [-0.05, 0) is 35.7 Å². The van der Waals surface area contributed by atoms with Crippen molar-refractivity contribution in [2.45, 2.75) is 12.2 Å². The van der Waals surface area contributed by atoms with Crippen molar-refractivity contribution < 1.29 is 9.59 Å². The van der Waals surface area contributed by atoms with E-state index in [1.165, 1.54) is 4.88 Å². The summed E-state index contributed by atoms with van der Waals surface area (Å²) in [6.07, 6.45) is 0.273. The van der Waals surface area contributed by atoms with E-state index in [2.05, 4.69) is 22.1 Å². The van der Waals surface area contributed by atoms with Crippen LogP contribution in [0.4, 0.5) is 0 Å². The van der Waals surface area contributed by atoms with Gasteiger partial charge in [-0.2, -0.15) is 11.8 Å². The van der Waals surface area contributed by atoms with E-state index >= 15 is 0 Å². The first-order valence-electron chi connectivity index (χ1n) is 7.56. The number of carbonyl (C=O) groups excluding carboxylic acids is 2. The van der Waals surface area contributed by atoms with Crippen LogP contribution in [0.15, 0.2) is 41.8 Å². The van der Waals surface area contributed by atoms with Gasteiger partial charge < -0.3 is 10.6 Å². The molecule has 2 rings (SSSR count). The lowest BCUT2D eigenvalue weighted by Gasteiger charge is -2.07. The molecule has 0 unspecified atom stereocenters. The van der Waals surface area contributed by atoms with Crippen LogP contribution in [0.2, 0.25) is 5.02 Å². The first kappa shape index (κ1) is 18.8. The van der Waals surface area contributed by atoms with Gasteiger partial charge in [0, 0.05) is 46.5 Å². The highest BCUT2D eigenvalue weighted by atomic mass is 35.5. The molecule has 0 saturated carbocycles. The molecule has 1 aromatic carbocycles. The Morgan fingerprint density at radius 3 is 2.58 bits per heavy atom. The zero-order valence-electron chi connectivity index (χ0n) is 13.1. The molecular weight excluding hydrogens is 364 g/mol. The molecule has 0 aliphatic heterocycles. The minimum absolute atomic E-state index is 0.0527. The highest BCUT2D eigenvalue weighted by Crippen LogP contribution is 2.16. The van der Waals surface area contributed by atoms with E-state index in [-0.39, 0.29) is 18.2 Å². The van der Waals surface area contributed by atoms with Crippen LogP contribution >= 0.6 is 34.7 Å². The Bertz CT molecular complexity index is 645. The van der Waals surface area contributed by atoms with Gasteiger partial charge in [0.05, 0.1) is 0 Å². The van der Waals surface area contributed by atoms with E-state index < -0.39 is 0 Å². The smallest absolute Gasteiger partial charge is 0.251 e. The molecule has 1 heterocycles. The molecule has 2 N–H and O–H groups in total. The maximum absolute atomic E-state index is 11.9. The van der Waals surface area contributed by atoms with Gasteiger partial charge in [-0.3, -0.25) is 9.59 Å². The van der Waals surface area contributed by atoms with E-state index in [4.69, 9.17) is 11.6 Å². The second kappa shape index (κ2) is 10.4. The van der Waals surface area contributed by atoms with Gasteiger partial charge in [0.1, 0.15) is 0 Å². The van der Waals surface area contributed by atoms with Crippen molar-refractivity contribution in [3.05, 3.63) is 57.2 Å². The fourth-order valence-electron chi connectivity index (χ4n) is 1.91. The molecule has 2 aromatic rings. The number of nitrogens with one attached hydrogen (secondary N) is 2. The first-order valence-corrected chi connectivity index (χ1v) is 9.97. The van der Waals surface area contributed by atoms with Crippen LogP contribution in [0.5, 0.6) is 0 Å². The summed E-state index contributed by atoms with van der Waals surface area (Å²) in [5, 5.41) is 8.23. The fraction of sp³-hybridized carbons (Fsp3) is 0.294. The molecule has 24 heavy (non-hydrogen) atoms. The van der Waals surface area contributed by atoms with Crippen molar-refractivity contribution in [2.75, 3.05) is 18.8 Å². The van der Waals surface area contributed by atoms with Crippen LogP contribution < -0.4 is 10.6 Å². The molecule has 4 nitrogen and oxygen atoms in total. The lowest BCUT2D eigenvalue weighted by molar-refractivity contribution is -0.120. The molecule has 7 heteroatoms. The monoisotopic (exact) mass is 382 g/mol. The summed E-state index contributed by atoms with van der Waals surface area (Å²) in [5.74, 6) is 1.60. The van der Waals surface area contributed by atoms with E-state index in [1.807, 2.05) is 6.07 Å². The molecule has 0 saturated heterocycles. The number of carbonyl (C=O) groups is 2. The molecule has 0 atom stereocenters. The number of thioether (sulfide) groups is 1. The van der Waals surface area contributed by atoms with Gasteiger partial charge in [0.2, 0.25) is 5.91 Å². The summed E-state index contributed by atoms with van der Waals surface area (Å²) in [6, 6.07) is 10.8. The third-order valence-electron chi connectivity index (χ3n) is 3.14. The van der Waals surface area contributed by atoms with Crippen molar-refractivity contribution >= 4 is 46.5 Å². The molecule has 0 aliphatic rings. The lowest BCUT2D eigenvalue weighted by atomic mass is 10.2. The number of thiophene rings is 1. The molecule has 128 valence electrons. The second-order valence-corrected chi connectivity index (χ2v) is 7.57. The van der Waals surface area contributed by atoms with Crippen LogP contribution in [-0.2, 0) is 10.5 Å². The summed E-state index contributed by atoms with van der Waals surface area (Å²) in [5.41, 5.74) is 0.532. The number of hydrogen-bond donors (Lipinski definition) is 2. The van der Waals surface area contributed by atoms with Crippen molar-refractivity contribution in [1.29, 1.82) is 0 Å². The zero-order valence-corrected chi connectivity index (χ0v) is 15.5. The van der Waals surface area contributed by atoms with Crippen LogP contribution in [0, 0.1) is 0 Å². The molecule has 0 aliphatic carbocycles. The quantitative estimate of drug-likeness (QED) is 0.652. The van der Waals surface area contributed by atoms with Crippen LogP contribution in [-0.4, -0.2) is 30.7 Å². The van der Waals surface area contributed by atoms with Gasteiger partial charge in [-0.15, -0.1) is 11.3 Å². The Balaban J connectivity index is 1.53. The van der Waals surface area contributed by atoms with E-state index in [9.17, 15) is 9.59 Å². The summed E-state index contributed by atoms with van der Waals surface area (Å²) >= 11 is 9.32. The normalized spacial score (nSPS) is 10.4. The summed E-state index contributed by atoms with van der Waals surface area (Å²) in [6.45, 7) is 0.954. The largest absolute Gasteiger partial charge is 0.355 e. The predicted molar refractivity (Wildman–Crippen MR) is 102 cm³/mol. The number of benzene rings is 1. The Morgan fingerprint density at radius 1 is 1.08 bits per heavy atom. The Hall–Kier alpha value is -1.50. The third kappa shape index (κ3) is 6.95. The van der Waals surface area contributed by atoms with E-state index in [1.54, 1.807) is 47.4 Å². The minimum Gasteiger partial charge on any atom is -0.355 e. The molecule has 0 spiro atoms. The van der Waals surface area contributed by atoms with E-state index in [0.29, 0.717) is 23.7 Å². The highest BCUT2D eigenvalue weighted by molar-refractivity contribution is 7.98. The minimum atomic E-state index is -0.203. The average molecular weight is 383 g/mol. The summed E-state index contributed by atoms with van der Waals surface area (Å²) in [4.78, 5) is 24.9. The van der Waals surface area contributed by atoms with Crippen molar-refractivity contribution in [1.82, 2.24) is 10.6 Å². The fourth-order valence-corrected chi connectivity index (χ4v) is 3.74. The zero-order chi connectivity index (χ0) is 17.2. The number of halogens is 1. The van der Waals surface area contributed by atoms with Crippen molar-refractivity contribution in [3.8, 4) is 0 Å². The lowest BCUT2D eigenvalue weighted by Crippen LogP contribution is -2.31. The second-order valence-electron chi connectivity index (χ2n) is 4.99. The van der Waals surface area contributed by atoms with Crippen molar-refractivity contribution in [2.24, 2.45) is 0 Å². The summed E-state index contributed by atoms with van der Waals surface area (Å²) < 4.78 is 0. The maximum atomic E-state index is 11.9. The molecule has 0 radical (unpaired) electrons. The molecule has 0 fully saturated rings. The molecule has 2 amide bonds. The molecule has 0 bridgehead atoms. The molecular formula is C17H19ClN2O2S2. The van der Waals surface area contributed by atoms with Gasteiger partial charge in [0.25, 0.3) is 5.91 Å². The first-order chi connectivity index (χ1) is 11.6. The predicted octanol–water partition coefficient (Wildman–Crippen LogP) is 3.57. The Labute approximate surface area is 155 Å². The number of amides is 2. The highest BCUT2D eigenvalue weighted by Gasteiger charge is 2.06. The van der Waals surface area contributed by atoms with Gasteiger partial charge in [-0.1, -0.05) is 17.7 Å². The van der Waals surface area contributed by atoms with Crippen LogP contribution in [0.1, 0.15) is 21.7 Å². The maximum Gasteiger partial charge on any atom is 0.251 e. The van der Waals surface area contributed by atoms with E-state index in [0.717, 1.165) is 11.5 Å². The number of hydrogen-bond acceptors (Lipinski definition) is 4. The Kier molecular flexibility index (Phi) is 8.15. The van der Waals surface area contributed by atoms with Gasteiger partial charge in [-0.25, -0.2) is 0 Å². The molecule has 1 aromatic heterocycles. The SMILES string of the molecule is O=C(CCNC(=O)c1ccc(Cl)cc1)NCCSCc1cccs1. The van der Waals surface area contributed by atoms with Crippen LogP contribution in [0.25, 0.3) is 0 Å². The van der Waals surface area contributed by atoms with Crippen LogP contribution in [0.3, 0.4) is 0 Å². The third-order valence-corrected chi connectivity index (χ3v) is 5.46. The Morgan fingerprint density at radius 2 is 1.88 bits per heavy atom. The average Bonchev–Trinajstić information content (AvgIpc) is 3.08.